The van der Waals surface area contributed by atoms with E-state index in [1.54, 1.807) is 40.7 Å². The number of hydrogen-bond donors (Lipinski definition) is 2. The van der Waals surface area contributed by atoms with Gasteiger partial charge in [-0.2, -0.15) is 5.01 Å². The molecule has 1 unspecified atom stereocenters. The number of oxime groups is 1. The second-order valence-electron chi connectivity index (χ2n) is 5.97. The Hall–Kier alpha value is -2.40. The lowest BCUT2D eigenvalue weighted by atomic mass is 10.2. The standard InChI is InChI=1S/C18H17ClN4O4S2/c1-10(24)20-14-7-12(9-28-14)16(22-27-2)17(26)21-23-8-15(25)29-18(23)11-3-5-13(19)6-4-11/h3-7,9,18H,8H2,1-2H3,(H,20,24)(H,21,26)/b22-16-. The largest absolute Gasteiger partial charge is 0.398 e. The zero-order valence-electron chi connectivity index (χ0n) is 15.5. The van der Waals surface area contributed by atoms with Crippen LogP contribution in [0.5, 0.6) is 0 Å². The molecule has 1 saturated heterocycles. The molecule has 0 aliphatic carbocycles. The van der Waals surface area contributed by atoms with Gasteiger partial charge in [0.1, 0.15) is 12.5 Å². The van der Waals surface area contributed by atoms with Crippen LogP contribution in [0.1, 0.15) is 23.4 Å². The van der Waals surface area contributed by atoms with Crippen LogP contribution in [-0.2, 0) is 19.2 Å². The van der Waals surface area contributed by atoms with E-state index in [4.69, 9.17) is 16.4 Å². The highest BCUT2D eigenvalue weighted by Crippen LogP contribution is 2.37. The predicted molar refractivity (Wildman–Crippen MR) is 114 cm³/mol. The van der Waals surface area contributed by atoms with Gasteiger partial charge in [0.25, 0.3) is 5.91 Å². The number of amides is 2. The monoisotopic (exact) mass is 452 g/mol. The fourth-order valence-electron chi connectivity index (χ4n) is 2.62. The summed E-state index contributed by atoms with van der Waals surface area (Å²) in [5, 5.41) is 10.4. The molecule has 1 aliphatic heterocycles. The van der Waals surface area contributed by atoms with Gasteiger partial charge in [0.15, 0.2) is 5.71 Å². The molecule has 0 saturated carbocycles. The summed E-state index contributed by atoms with van der Waals surface area (Å²) < 4.78 is 0. The smallest absolute Gasteiger partial charge is 0.288 e. The Kier molecular flexibility index (Phi) is 6.91. The van der Waals surface area contributed by atoms with Gasteiger partial charge >= 0.3 is 0 Å². The third kappa shape index (κ3) is 5.36. The summed E-state index contributed by atoms with van der Waals surface area (Å²) in [4.78, 5) is 40.9. The minimum absolute atomic E-state index is 0.0274. The molecule has 2 aromatic rings. The van der Waals surface area contributed by atoms with Crippen molar-refractivity contribution < 1.29 is 19.2 Å². The molecule has 152 valence electrons. The number of nitrogens with zero attached hydrogens (tertiary/aromatic N) is 2. The Balaban J connectivity index is 1.79. The van der Waals surface area contributed by atoms with Gasteiger partial charge in [-0.15, -0.1) is 11.3 Å². The lowest BCUT2D eigenvalue weighted by Gasteiger charge is -2.23. The van der Waals surface area contributed by atoms with Crippen molar-refractivity contribution in [2.45, 2.75) is 12.3 Å². The Morgan fingerprint density at radius 2 is 2.03 bits per heavy atom. The second kappa shape index (κ2) is 9.40. The van der Waals surface area contributed by atoms with Gasteiger partial charge in [-0.3, -0.25) is 19.8 Å². The number of thiophene rings is 1. The molecule has 2 N–H and O–H groups in total. The van der Waals surface area contributed by atoms with Crippen molar-refractivity contribution in [1.29, 1.82) is 0 Å². The normalized spacial score (nSPS) is 17.3. The lowest BCUT2D eigenvalue weighted by Crippen LogP contribution is -2.45. The zero-order valence-corrected chi connectivity index (χ0v) is 17.9. The van der Waals surface area contributed by atoms with Gasteiger partial charge in [-0.25, -0.2) is 0 Å². The molecule has 2 heterocycles. The Morgan fingerprint density at radius 3 is 2.69 bits per heavy atom. The van der Waals surface area contributed by atoms with Gasteiger partial charge in [0.2, 0.25) is 11.0 Å². The number of carbonyl (C=O) groups excluding carboxylic acids is 3. The van der Waals surface area contributed by atoms with Crippen LogP contribution in [0.4, 0.5) is 5.00 Å². The van der Waals surface area contributed by atoms with Crippen molar-refractivity contribution in [3.05, 3.63) is 51.9 Å². The molecule has 0 bridgehead atoms. The van der Waals surface area contributed by atoms with Gasteiger partial charge < -0.3 is 10.2 Å². The molecule has 0 radical (unpaired) electrons. The van der Waals surface area contributed by atoms with Crippen LogP contribution < -0.4 is 10.7 Å². The second-order valence-corrected chi connectivity index (χ2v) is 8.45. The fraction of sp³-hybridized carbons (Fsp3) is 0.222. The zero-order chi connectivity index (χ0) is 21.0. The summed E-state index contributed by atoms with van der Waals surface area (Å²) in [6.45, 7) is 1.44. The molecule has 29 heavy (non-hydrogen) atoms. The quantitative estimate of drug-likeness (QED) is 0.516. The predicted octanol–water partition coefficient (Wildman–Crippen LogP) is 3.02. The van der Waals surface area contributed by atoms with Crippen molar-refractivity contribution in [1.82, 2.24) is 10.4 Å². The molecule has 1 fully saturated rings. The number of rotatable bonds is 6. The minimum Gasteiger partial charge on any atom is -0.398 e. The van der Waals surface area contributed by atoms with Gasteiger partial charge in [-0.05, 0) is 23.8 Å². The molecule has 8 nitrogen and oxygen atoms in total. The number of carbonyl (C=O) groups is 3. The molecular formula is C18H17ClN4O4S2. The summed E-state index contributed by atoms with van der Waals surface area (Å²) in [6, 6.07) is 8.70. The molecule has 0 spiro atoms. The van der Waals surface area contributed by atoms with E-state index in [-0.39, 0.29) is 28.7 Å². The van der Waals surface area contributed by atoms with E-state index < -0.39 is 5.91 Å². The summed E-state index contributed by atoms with van der Waals surface area (Å²) in [5.74, 6) is -0.750. The van der Waals surface area contributed by atoms with Crippen LogP contribution in [0.25, 0.3) is 0 Å². The van der Waals surface area contributed by atoms with Crippen LogP contribution in [-0.4, -0.2) is 41.3 Å². The Bertz CT molecular complexity index is 961. The van der Waals surface area contributed by atoms with Crippen LogP contribution in [0.3, 0.4) is 0 Å². The number of halogens is 1. The van der Waals surface area contributed by atoms with E-state index in [1.165, 1.54) is 25.4 Å². The Morgan fingerprint density at radius 1 is 1.31 bits per heavy atom. The third-order valence-corrected chi connectivity index (χ3v) is 6.04. The third-order valence-electron chi connectivity index (χ3n) is 3.80. The van der Waals surface area contributed by atoms with E-state index in [9.17, 15) is 14.4 Å². The molecule has 1 atom stereocenters. The minimum atomic E-state index is -0.534. The van der Waals surface area contributed by atoms with Crippen molar-refractivity contribution in [2.24, 2.45) is 5.16 Å². The average Bonchev–Trinajstić information content (AvgIpc) is 3.26. The number of hydrazine groups is 1. The SMILES string of the molecule is CO/N=C(\C(=O)NN1CC(=O)SC1c1ccc(Cl)cc1)c1csc(NC(C)=O)c1. The first kappa shape index (κ1) is 21.3. The van der Waals surface area contributed by atoms with Crippen molar-refractivity contribution >= 4 is 62.3 Å². The maximum atomic E-state index is 12.9. The maximum absolute atomic E-state index is 12.9. The van der Waals surface area contributed by atoms with E-state index >= 15 is 0 Å². The van der Waals surface area contributed by atoms with Gasteiger partial charge in [-0.1, -0.05) is 40.7 Å². The Labute approximate surface area is 180 Å². The fourth-order valence-corrected chi connectivity index (χ4v) is 4.59. The molecule has 1 aromatic heterocycles. The van der Waals surface area contributed by atoms with E-state index in [0.717, 1.165) is 17.3 Å². The van der Waals surface area contributed by atoms with E-state index in [1.807, 2.05) is 0 Å². The van der Waals surface area contributed by atoms with Crippen LogP contribution in [0.2, 0.25) is 5.02 Å². The topological polar surface area (TPSA) is 100 Å². The summed E-state index contributed by atoms with van der Waals surface area (Å²) >= 11 is 8.31. The van der Waals surface area contributed by atoms with Gasteiger partial charge in [0.05, 0.1) is 11.5 Å². The summed E-state index contributed by atoms with van der Waals surface area (Å²) in [7, 11) is 1.33. The van der Waals surface area contributed by atoms with Crippen molar-refractivity contribution in [3.63, 3.8) is 0 Å². The number of thioether (sulfide) groups is 1. The van der Waals surface area contributed by atoms with E-state index in [2.05, 4.69) is 15.9 Å². The maximum Gasteiger partial charge on any atom is 0.288 e. The summed E-state index contributed by atoms with van der Waals surface area (Å²) in [6.07, 6.45) is 0. The van der Waals surface area contributed by atoms with Crippen LogP contribution in [0.15, 0.2) is 40.9 Å². The van der Waals surface area contributed by atoms with Gasteiger partial charge in [0, 0.05) is 22.9 Å². The lowest BCUT2D eigenvalue weighted by molar-refractivity contribution is -0.120. The molecule has 11 heteroatoms. The highest BCUT2D eigenvalue weighted by Gasteiger charge is 2.35. The molecule has 2 amide bonds. The van der Waals surface area contributed by atoms with E-state index in [0.29, 0.717) is 15.6 Å². The molecule has 1 aliphatic rings. The highest BCUT2D eigenvalue weighted by atomic mass is 35.5. The molecule has 1 aromatic carbocycles. The number of benzene rings is 1. The number of nitrogens with one attached hydrogen (secondary N) is 2. The molecule has 3 rings (SSSR count). The number of anilines is 1. The first-order valence-electron chi connectivity index (χ1n) is 8.37. The van der Waals surface area contributed by atoms with Crippen molar-refractivity contribution in [2.75, 3.05) is 19.0 Å². The highest BCUT2D eigenvalue weighted by molar-refractivity contribution is 8.14. The first-order valence-corrected chi connectivity index (χ1v) is 10.5. The molecular weight excluding hydrogens is 436 g/mol. The first-order chi connectivity index (χ1) is 13.9. The van der Waals surface area contributed by atoms with Crippen LogP contribution in [0, 0.1) is 0 Å². The average molecular weight is 453 g/mol. The summed E-state index contributed by atoms with van der Waals surface area (Å²) in [5.41, 5.74) is 4.08. The number of hydrogen-bond acceptors (Lipinski definition) is 8. The van der Waals surface area contributed by atoms with Crippen molar-refractivity contribution in [3.8, 4) is 0 Å². The van der Waals surface area contributed by atoms with Crippen LogP contribution >= 0.6 is 34.7 Å².